The van der Waals surface area contributed by atoms with E-state index in [9.17, 15) is 40.5 Å². The van der Waals surface area contributed by atoms with E-state index in [0.717, 1.165) is 45.4 Å². The lowest BCUT2D eigenvalue weighted by Gasteiger charge is -2.73. The van der Waals surface area contributed by atoms with Crippen LogP contribution >= 0.6 is 0 Å². The Balaban J connectivity index is 1.04. The minimum absolute atomic E-state index is 0.0245. The average Bonchev–Trinajstić information content (AvgIpc) is 3.44. The van der Waals surface area contributed by atoms with Gasteiger partial charge in [-0.2, -0.15) is 0 Å². The summed E-state index contributed by atoms with van der Waals surface area (Å²) in [5, 5.41) is 77.9. The Kier molecular flexibility index (Phi) is 10.8. The maximum Gasteiger partial charge on any atom is 0.303 e. The number of carbonyl (C=O) groups is 1. The van der Waals surface area contributed by atoms with Gasteiger partial charge in [0.05, 0.1) is 43.7 Å². The van der Waals surface area contributed by atoms with E-state index >= 15 is 0 Å². The van der Waals surface area contributed by atoms with Crippen molar-refractivity contribution in [2.24, 2.45) is 50.2 Å². The van der Waals surface area contributed by atoms with E-state index in [4.69, 9.17) is 28.4 Å². The van der Waals surface area contributed by atoms with E-state index in [0.29, 0.717) is 19.4 Å². The van der Waals surface area contributed by atoms with Gasteiger partial charge < -0.3 is 64.2 Å². The summed E-state index contributed by atoms with van der Waals surface area (Å²) in [6.07, 6.45) is -3.53. The smallest absolute Gasteiger partial charge is 0.303 e. The molecule has 0 aromatic rings. The second-order valence-corrected chi connectivity index (χ2v) is 21.5. The fourth-order valence-electron chi connectivity index (χ4n) is 14.6. The summed E-state index contributed by atoms with van der Waals surface area (Å²) in [5.41, 5.74) is -1.99. The molecular formula is C44H70O14. The molecule has 3 heterocycles. The quantitative estimate of drug-likeness (QED) is 0.112. The van der Waals surface area contributed by atoms with Gasteiger partial charge in [-0.15, -0.1) is 0 Å². The molecule has 0 amide bonds. The van der Waals surface area contributed by atoms with Gasteiger partial charge in [0.1, 0.15) is 36.6 Å². The molecule has 5 aliphatic carbocycles. The Bertz CT molecular complexity index is 1610. The Labute approximate surface area is 342 Å². The summed E-state index contributed by atoms with van der Waals surface area (Å²) in [4.78, 5) is 11.8. The molecule has 330 valence electrons. The topological polar surface area (TPSA) is 214 Å². The van der Waals surface area contributed by atoms with Gasteiger partial charge in [-0.3, -0.25) is 4.79 Å². The third-order valence-electron chi connectivity index (χ3n) is 18.2. The molecule has 0 radical (unpaired) electrons. The van der Waals surface area contributed by atoms with Crippen LogP contribution < -0.4 is 0 Å². The average molecular weight is 823 g/mol. The maximum atomic E-state index is 12.2. The zero-order valence-corrected chi connectivity index (χ0v) is 35.6. The molecule has 3 saturated heterocycles. The van der Waals surface area contributed by atoms with Crippen LogP contribution in [0, 0.1) is 50.2 Å². The van der Waals surface area contributed by atoms with Gasteiger partial charge in [0, 0.05) is 29.1 Å². The van der Waals surface area contributed by atoms with E-state index in [2.05, 4.69) is 53.7 Å². The van der Waals surface area contributed by atoms with Gasteiger partial charge in [-0.05, 0) is 86.4 Å². The van der Waals surface area contributed by atoms with Crippen molar-refractivity contribution in [2.45, 2.75) is 186 Å². The summed E-state index contributed by atoms with van der Waals surface area (Å²) in [7, 11) is 0. The number of ether oxygens (including phenoxy) is 6. The standard InChI is InChI=1S/C44H70O14/c1-22-30(49)34(58-37-33(52)35(55-23(2)47)31(50)24(19-45)56-37)32(51)36(54-22)57-29-11-12-39(5)25(40(29,6)20-46)9-13-41(7)26(39)10-14-44-27-17-38(3,4)15-16-43(27,21-53-44)28(48)18-42(41,44)8/h10,14,22,24-37,45-46,48-52H,9,11-13,15-21H2,1-8H3/t22-,24-,25+,26-,27-,28+,29+,30+,31-,32-,33-,34+,35+,36+,37+,39+,40+,41-,42+,43-,44+/m1/s1. The molecule has 0 aromatic heterocycles. The van der Waals surface area contributed by atoms with Crippen molar-refractivity contribution >= 4 is 5.97 Å². The molecule has 3 aliphatic heterocycles. The molecule has 8 aliphatic rings. The highest BCUT2D eigenvalue weighted by Gasteiger charge is 2.79. The van der Waals surface area contributed by atoms with E-state index in [1.165, 1.54) is 0 Å². The number of aliphatic hydroxyl groups excluding tert-OH is 7. The number of hydrogen-bond acceptors (Lipinski definition) is 14. The highest BCUT2D eigenvalue weighted by Crippen LogP contribution is 2.79. The first-order valence-electron chi connectivity index (χ1n) is 21.8. The van der Waals surface area contributed by atoms with E-state index < -0.39 is 97.2 Å². The van der Waals surface area contributed by atoms with Crippen LogP contribution in [0.4, 0.5) is 0 Å². The summed E-state index contributed by atoms with van der Waals surface area (Å²) in [5.74, 6) is -0.369. The van der Waals surface area contributed by atoms with Crippen LogP contribution in [0.5, 0.6) is 0 Å². The molecule has 58 heavy (non-hydrogen) atoms. The molecule has 21 atom stereocenters. The second-order valence-electron chi connectivity index (χ2n) is 21.5. The maximum absolute atomic E-state index is 12.2. The van der Waals surface area contributed by atoms with Crippen molar-refractivity contribution in [3.8, 4) is 0 Å². The van der Waals surface area contributed by atoms with Crippen LogP contribution in [0.3, 0.4) is 0 Å². The molecule has 0 aromatic carbocycles. The summed E-state index contributed by atoms with van der Waals surface area (Å²) in [6, 6.07) is 0. The summed E-state index contributed by atoms with van der Waals surface area (Å²) >= 11 is 0. The van der Waals surface area contributed by atoms with Gasteiger partial charge in [0.2, 0.25) is 0 Å². The molecule has 14 nitrogen and oxygen atoms in total. The van der Waals surface area contributed by atoms with Gasteiger partial charge in [-0.25, -0.2) is 0 Å². The first kappa shape index (κ1) is 43.4. The number of fused-ring (bicyclic) bond motifs is 4. The van der Waals surface area contributed by atoms with Crippen molar-refractivity contribution in [1.29, 1.82) is 0 Å². The van der Waals surface area contributed by atoms with Crippen LogP contribution in [0.2, 0.25) is 0 Å². The monoisotopic (exact) mass is 822 g/mol. The molecular weight excluding hydrogens is 752 g/mol. The number of allylic oxidation sites excluding steroid dienone is 1. The SMILES string of the molecule is CC(=O)O[C@@H]1[C@@H](O)[C@H](O[C@H]2[C@@H](O)[C@@H](C)O[C@@H](O[C@H]3CC[C@@]4(C)[C@H](CC[C@]5(C)[C@@H]4C=C[C@]46OC[C@@]7(CCC(C)(C)C[C@H]74)[C@@H](O)C[C@]65C)[C@]3(C)CO)[C@@H]2O)O[C@H](CO)[C@H]1O. The summed E-state index contributed by atoms with van der Waals surface area (Å²) in [6.45, 7) is 16.4. The zero-order valence-electron chi connectivity index (χ0n) is 35.6. The lowest BCUT2D eigenvalue weighted by Crippen LogP contribution is -2.72. The van der Waals surface area contributed by atoms with Gasteiger partial charge in [-0.1, -0.05) is 53.7 Å². The predicted molar refractivity (Wildman–Crippen MR) is 206 cm³/mol. The van der Waals surface area contributed by atoms with Crippen LogP contribution in [0.25, 0.3) is 0 Å². The molecule has 1 spiro atoms. The lowest BCUT2D eigenvalue weighted by molar-refractivity contribution is -0.367. The van der Waals surface area contributed by atoms with Crippen molar-refractivity contribution in [3.63, 3.8) is 0 Å². The number of aliphatic hydroxyl groups is 7. The second kappa shape index (κ2) is 14.4. The van der Waals surface area contributed by atoms with Crippen molar-refractivity contribution in [2.75, 3.05) is 19.8 Å². The highest BCUT2D eigenvalue weighted by molar-refractivity contribution is 5.66. The minimum Gasteiger partial charge on any atom is -0.457 e. The van der Waals surface area contributed by atoms with Crippen LogP contribution in [-0.2, 0) is 33.2 Å². The largest absolute Gasteiger partial charge is 0.457 e. The number of hydrogen-bond donors (Lipinski definition) is 7. The Morgan fingerprint density at radius 2 is 1.48 bits per heavy atom. The lowest BCUT2D eigenvalue weighted by atomic mass is 9.32. The van der Waals surface area contributed by atoms with Crippen molar-refractivity contribution < 1.29 is 69.0 Å². The van der Waals surface area contributed by atoms with Gasteiger partial charge in [0.15, 0.2) is 18.7 Å². The predicted octanol–water partition coefficient (Wildman–Crippen LogP) is 2.35. The molecule has 2 bridgehead atoms. The first-order chi connectivity index (χ1) is 27.1. The molecule has 7 fully saturated rings. The number of rotatable bonds is 7. The Hall–Kier alpha value is -1.27. The third kappa shape index (κ3) is 5.89. The van der Waals surface area contributed by atoms with E-state index in [1.807, 2.05) is 0 Å². The molecule has 8 rings (SSSR count). The first-order valence-corrected chi connectivity index (χ1v) is 21.8. The molecule has 0 unspecified atom stereocenters. The van der Waals surface area contributed by atoms with Gasteiger partial charge in [0.25, 0.3) is 0 Å². The fourth-order valence-corrected chi connectivity index (χ4v) is 14.6. The number of esters is 1. The van der Waals surface area contributed by atoms with E-state index in [-0.39, 0.29) is 51.4 Å². The fraction of sp³-hybridized carbons (Fsp3) is 0.932. The molecule has 4 saturated carbocycles. The van der Waals surface area contributed by atoms with Crippen LogP contribution in [0.15, 0.2) is 12.2 Å². The van der Waals surface area contributed by atoms with Crippen molar-refractivity contribution in [1.82, 2.24) is 0 Å². The molecule has 7 N–H and O–H groups in total. The van der Waals surface area contributed by atoms with Crippen LogP contribution in [0.1, 0.15) is 107 Å². The molecule has 14 heteroatoms. The Morgan fingerprint density at radius 1 is 0.793 bits per heavy atom. The number of carbonyl (C=O) groups excluding carboxylic acids is 1. The zero-order chi connectivity index (χ0) is 42.2. The third-order valence-corrected chi connectivity index (χ3v) is 18.2. The highest BCUT2D eigenvalue weighted by atomic mass is 16.7. The normalized spacial score (nSPS) is 57.1. The van der Waals surface area contributed by atoms with Crippen molar-refractivity contribution in [3.05, 3.63) is 12.2 Å². The van der Waals surface area contributed by atoms with Gasteiger partial charge >= 0.3 is 5.97 Å². The van der Waals surface area contributed by atoms with Crippen LogP contribution in [-0.4, -0.2) is 141 Å². The minimum atomic E-state index is -1.72. The Morgan fingerprint density at radius 3 is 2.16 bits per heavy atom. The summed E-state index contributed by atoms with van der Waals surface area (Å²) < 4.78 is 36.6. The van der Waals surface area contributed by atoms with E-state index in [1.54, 1.807) is 6.92 Å².